The Morgan fingerprint density at radius 3 is 1.30 bits per heavy atom. The summed E-state index contributed by atoms with van der Waals surface area (Å²) in [5.41, 5.74) is 0. The van der Waals surface area contributed by atoms with Crippen LogP contribution in [0.5, 0.6) is 0 Å². The number of phosphoric acid groups is 1. The number of esters is 2. The minimum atomic E-state index is -4.36. The Bertz CT molecular complexity index is 962. The highest BCUT2D eigenvalue weighted by Crippen LogP contribution is 2.43. The van der Waals surface area contributed by atoms with Crippen molar-refractivity contribution in [2.45, 2.75) is 238 Å². The van der Waals surface area contributed by atoms with Crippen molar-refractivity contribution in [2.24, 2.45) is 0 Å². The molecule has 57 heavy (non-hydrogen) atoms. The van der Waals surface area contributed by atoms with Crippen LogP contribution in [0.1, 0.15) is 232 Å². The third-order valence-electron chi connectivity index (χ3n) is 10.6. The lowest BCUT2D eigenvalue weighted by Crippen LogP contribution is -2.29. The van der Waals surface area contributed by atoms with Gasteiger partial charge in [-0.05, 0) is 52.6 Å². The molecule has 0 aromatic rings. The van der Waals surface area contributed by atoms with Crippen LogP contribution in [0.15, 0.2) is 12.2 Å². The van der Waals surface area contributed by atoms with E-state index >= 15 is 0 Å². The van der Waals surface area contributed by atoms with Gasteiger partial charge in [0.15, 0.2) is 6.10 Å². The molecule has 0 aliphatic rings. The maximum atomic E-state index is 12.7. The summed E-state index contributed by atoms with van der Waals surface area (Å²) in [5.74, 6) is -0.799. The zero-order valence-corrected chi connectivity index (χ0v) is 38.7. The number of likely N-dealkylation sites (N-methyl/N-ethyl adjacent to an activating group) is 1. The molecule has 0 aromatic heterocycles. The summed E-state index contributed by atoms with van der Waals surface area (Å²) in [4.78, 5) is 37.1. The largest absolute Gasteiger partial charge is 0.472 e. The molecule has 2 unspecified atom stereocenters. The lowest BCUT2D eigenvalue weighted by molar-refractivity contribution is -0.161. The summed E-state index contributed by atoms with van der Waals surface area (Å²) in [5, 5.41) is 0. The molecule has 0 aliphatic heterocycles. The van der Waals surface area contributed by atoms with E-state index in [0.29, 0.717) is 19.4 Å². The van der Waals surface area contributed by atoms with E-state index < -0.39 is 26.5 Å². The highest BCUT2D eigenvalue weighted by Gasteiger charge is 2.26. The zero-order valence-electron chi connectivity index (χ0n) is 37.8. The Morgan fingerprint density at radius 2 is 0.895 bits per heavy atom. The van der Waals surface area contributed by atoms with E-state index in [2.05, 4.69) is 26.0 Å². The van der Waals surface area contributed by atoms with Crippen LogP contribution in [0.2, 0.25) is 0 Å². The van der Waals surface area contributed by atoms with Crippen LogP contribution < -0.4 is 0 Å². The third-order valence-corrected chi connectivity index (χ3v) is 11.6. The van der Waals surface area contributed by atoms with Crippen LogP contribution in [0.3, 0.4) is 0 Å². The van der Waals surface area contributed by atoms with Crippen molar-refractivity contribution in [3.8, 4) is 0 Å². The van der Waals surface area contributed by atoms with E-state index in [4.69, 9.17) is 18.5 Å². The van der Waals surface area contributed by atoms with Crippen LogP contribution in [-0.4, -0.2) is 68.3 Å². The van der Waals surface area contributed by atoms with Crippen molar-refractivity contribution >= 4 is 19.8 Å². The first-order valence-corrected chi connectivity index (χ1v) is 25.5. The fourth-order valence-corrected chi connectivity index (χ4v) is 7.60. The van der Waals surface area contributed by atoms with E-state index in [-0.39, 0.29) is 25.6 Å². The second kappa shape index (κ2) is 42.9. The number of unbranched alkanes of at least 4 members (excludes halogenated alkanes) is 29. The quantitative estimate of drug-likeness (QED) is 0.0277. The molecular weight excluding hydrogens is 737 g/mol. The third kappa shape index (κ3) is 44.1. The zero-order chi connectivity index (χ0) is 41.9. The van der Waals surface area contributed by atoms with Gasteiger partial charge in [-0.2, -0.15) is 0 Å². The number of hydrogen-bond acceptors (Lipinski definition) is 8. The average Bonchev–Trinajstić information content (AvgIpc) is 3.18. The van der Waals surface area contributed by atoms with E-state index in [9.17, 15) is 19.0 Å². The number of rotatable bonds is 45. The van der Waals surface area contributed by atoms with Gasteiger partial charge >= 0.3 is 19.8 Å². The molecule has 0 rings (SSSR count). The number of allylic oxidation sites excluding steroid dienone is 2. The molecule has 2 atom stereocenters. The van der Waals surface area contributed by atoms with Crippen molar-refractivity contribution in [3.63, 3.8) is 0 Å². The Balaban J connectivity index is 4.19. The highest BCUT2D eigenvalue weighted by molar-refractivity contribution is 7.47. The molecule has 338 valence electrons. The average molecular weight is 830 g/mol. The summed E-state index contributed by atoms with van der Waals surface area (Å²) in [6.45, 7) is 4.35. The van der Waals surface area contributed by atoms with E-state index in [1.807, 2.05) is 19.0 Å². The summed E-state index contributed by atoms with van der Waals surface area (Å²) in [6, 6.07) is 0. The van der Waals surface area contributed by atoms with Crippen molar-refractivity contribution < 1.29 is 37.6 Å². The molecule has 0 saturated carbocycles. The molecule has 0 aromatic carbocycles. The molecule has 0 amide bonds. The first-order chi connectivity index (χ1) is 27.7. The van der Waals surface area contributed by atoms with Crippen LogP contribution in [0.4, 0.5) is 0 Å². The highest BCUT2D eigenvalue weighted by atomic mass is 31.2. The number of carbonyl (C=O) groups excluding carboxylic acids is 2. The van der Waals surface area contributed by atoms with Crippen LogP contribution in [0.25, 0.3) is 0 Å². The molecular formula is C47H92NO8P. The fourth-order valence-electron chi connectivity index (χ4n) is 6.86. The first-order valence-electron chi connectivity index (χ1n) is 24.0. The summed E-state index contributed by atoms with van der Waals surface area (Å²) in [6.07, 6.45) is 44.0. The predicted molar refractivity (Wildman–Crippen MR) is 239 cm³/mol. The smallest absolute Gasteiger partial charge is 0.462 e. The van der Waals surface area contributed by atoms with Crippen molar-refractivity contribution in [3.05, 3.63) is 12.2 Å². The lowest BCUT2D eigenvalue weighted by Gasteiger charge is -2.20. The number of phosphoric ester groups is 1. The van der Waals surface area contributed by atoms with Crippen molar-refractivity contribution in [2.75, 3.05) is 40.5 Å². The second-order valence-corrected chi connectivity index (χ2v) is 18.1. The molecule has 9 nitrogen and oxygen atoms in total. The maximum Gasteiger partial charge on any atom is 0.472 e. The minimum Gasteiger partial charge on any atom is -0.462 e. The van der Waals surface area contributed by atoms with Gasteiger partial charge in [-0.3, -0.25) is 18.6 Å². The maximum absolute atomic E-state index is 12.7. The molecule has 0 radical (unpaired) electrons. The van der Waals surface area contributed by atoms with Crippen LogP contribution in [-0.2, 0) is 32.7 Å². The molecule has 0 heterocycles. The molecule has 0 fully saturated rings. The van der Waals surface area contributed by atoms with Gasteiger partial charge in [0.2, 0.25) is 0 Å². The van der Waals surface area contributed by atoms with E-state index in [1.165, 1.54) is 148 Å². The Labute approximate surface area is 352 Å². The van der Waals surface area contributed by atoms with Gasteiger partial charge in [-0.1, -0.05) is 193 Å². The van der Waals surface area contributed by atoms with E-state index in [1.54, 1.807) is 0 Å². The van der Waals surface area contributed by atoms with Gasteiger partial charge in [0.1, 0.15) is 6.61 Å². The Morgan fingerprint density at radius 1 is 0.526 bits per heavy atom. The normalized spacial score (nSPS) is 13.4. The number of carbonyl (C=O) groups is 2. The molecule has 0 bridgehead atoms. The van der Waals surface area contributed by atoms with Crippen molar-refractivity contribution in [1.82, 2.24) is 4.90 Å². The van der Waals surface area contributed by atoms with Gasteiger partial charge in [-0.15, -0.1) is 0 Å². The molecule has 0 aliphatic carbocycles. The SMILES string of the molecule is CCCCCCCC/C=C\CCCCCCCC(=O)OC(COC(=O)CCCCCCCCCCCCCCCCCCCCC)COP(=O)(O)OCCN(C)C. The van der Waals surface area contributed by atoms with Gasteiger partial charge in [0, 0.05) is 19.4 Å². The monoisotopic (exact) mass is 830 g/mol. The minimum absolute atomic E-state index is 0.00907. The molecule has 0 spiro atoms. The molecule has 0 saturated heterocycles. The number of nitrogens with zero attached hydrogens (tertiary/aromatic N) is 1. The van der Waals surface area contributed by atoms with Gasteiger partial charge in [0.05, 0.1) is 13.2 Å². The van der Waals surface area contributed by atoms with E-state index in [0.717, 1.165) is 51.4 Å². The summed E-state index contributed by atoms with van der Waals surface area (Å²) >= 11 is 0. The Kier molecular flexibility index (Phi) is 41.9. The standard InChI is InChI=1S/C47H92NO8P/c1-5-7-9-11-13-15-17-19-21-22-23-24-26-27-29-31-33-35-37-39-46(49)53-43-45(44-55-57(51,52)54-42-41-48(3)4)56-47(50)40-38-36-34-32-30-28-25-20-18-16-14-12-10-8-6-2/h20,25,45H,5-19,21-24,26-44H2,1-4H3,(H,51,52)/b25-20-. The predicted octanol–water partition coefficient (Wildman–Crippen LogP) is 14.0. The van der Waals surface area contributed by atoms with Crippen LogP contribution in [0, 0.1) is 0 Å². The topological polar surface area (TPSA) is 112 Å². The van der Waals surface area contributed by atoms with Gasteiger partial charge in [-0.25, -0.2) is 4.57 Å². The summed E-state index contributed by atoms with van der Waals surface area (Å²) < 4.78 is 33.5. The van der Waals surface area contributed by atoms with Crippen LogP contribution >= 0.6 is 7.82 Å². The van der Waals surface area contributed by atoms with Crippen molar-refractivity contribution in [1.29, 1.82) is 0 Å². The number of hydrogen-bond donors (Lipinski definition) is 1. The molecule has 10 heteroatoms. The fraction of sp³-hybridized carbons (Fsp3) is 0.915. The van der Waals surface area contributed by atoms with Gasteiger partial charge < -0.3 is 19.3 Å². The van der Waals surface area contributed by atoms with Gasteiger partial charge in [0.25, 0.3) is 0 Å². The molecule has 1 N–H and O–H groups in total. The lowest BCUT2D eigenvalue weighted by atomic mass is 10.0. The second-order valence-electron chi connectivity index (χ2n) is 16.6. The number of ether oxygens (including phenoxy) is 2. The first kappa shape index (κ1) is 55.8. The Hall–Kier alpha value is -1.25. The summed E-state index contributed by atoms with van der Waals surface area (Å²) in [7, 11) is -0.706.